The predicted octanol–water partition coefficient (Wildman–Crippen LogP) is 10.1. The molecule has 8 rings (SSSR count). The molecule has 0 bridgehead atoms. The number of fused-ring (bicyclic) bond motifs is 6. The van der Waals surface area contributed by atoms with Crippen LogP contribution in [0.15, 0.2) is 134 Å². The second-order valence-electron chi connectivity index (χ2n) is 14.5. The summed E-state index contributed by atoms with van der Waals surface area (Å²) in [5.41, 5.74) is 12.5. The molecule has 0 aliphatic heterocycles. The van der Waals surface area contributed by atoms with Crippen LogP contribution in [0.3, 0.4) is 0 Å². The zero-order valence-corrected chi connectivity index (χ0v) is 31.2. The maximum atomic E-state index is 2.53. The molecule has 0 fully saturated rings. The van der Waals surface area contributed by atoms with Gasteiger partial charge in [-0.1, -0.05) is 75.2 Å². The molecule has 4 heteroatoms. The summed E-state index contributed by atoms with van der Waals surface area (Å²) in [6, 6.07) is 41.6. The van der Waals surface area contributed by atoms with Gasteiger partial charge in [-0.3, -0.25) is 0 Å². The van der Waals surface area contributed by atoms with Crippen molar-refractivity contribution in [2.75, 3.05) is 0 Å². The first-order valence-electron chi connectivity index (χ1n) is 19.0. The molecule has 0 atom stereocenters. The second kappa shape index (κ2) is 14.2. The molecule has 0 amide bonds. The fraction of sp³-hybridized carbons (Fsp3) is 0.229. The van der Waals surface area contributed by atoms with Crippen molar-refractivity contribution in [1.29, 1.82) is 0 Å². The van der Waals surface area contributed by atoms with E-state index in [1.165, 1.54) is 109 Å². The Hall–Kier alpha value is -5.61. The molecule has 5 aromatic carbocycles. The Kier molecular flexibility index (Phi) is 9.15. The van der Waals surface area contributed by atoms with Gasteiger partial charge in [0.25, 0.3) is 5.82 Å². The minimum Gasteiger partial charge on any atom is -0.225 e. The van der Waals surface area contributed by atoms with Gasteiger partial charge >= 0.3 is 0 Å². The van der Waals surface area contributed by atoms with Gasteiger partial charge < -0.3 is 0 Å². The highest BCUT2D eigenvalue weighted by molar-refractivity contribution is 6.24. The molecule has 8 aromatic rings. The molecule has 0 unspecified atom stereocenters. The van der Waals surface area contributed by atoms with Gasteiger partial charge in [-0.25, -0.2) is 13.7 Å². The number of hydrogen-bond acceptors (Lipinski definition) is 0. The number of nitrogens with zero attached hydrogens (tertiary/aromatic N) is 4. The smallest absolute Gasteiger partial charge is 0.225 e. The van der Waals surface area contributed by atoms with E-state index in [-0.39, 0.29) is 0 Å². The third-order valence-corrected chi connectivity index (χ3v) is 10.8. The number of unbranched alkanes of at least 4 members (excludes halogenated alkanes) is 2. The monoisotopic (exact) mass is 681 g/mol. The molecule has 0 radical (unpaired) electrons. The number of rotatable bonds is 10. The highest BCUT2D eigenvalue weighted by Crippen LogP contribution is 2.41. The summed E-state index contributed by atoms with van der Waals surface area (Å²) in [5, 5.41) is 5.04. The Labute approximate surface area is 307 Å². The van der Waals surface area contributed by atoms with Crippen LogP contribution >= 0.6 is 0 Å². The molecule has 4 nitrogen and oxygen atoms in total. The van der Waals surface area contributed by atoms with E-state index < -0.39 is 0 Å². The summed E-state index contributed by atoms with van der Waals surface area (Å²) < 4.78 is 9.17. The van der Waals surface area contributed by atoms with Gasteiger partial charge in [-0.15, -0.1) is 0 Å². The van der Waals surface area contributed by atoms with Gasteiger partial charge in [0.1, 0.15) is 19.8 Å². The van der Waals surface area contributed by atoms with Gasteiger partial charge in [0.2, 0.25) is 0 Å². The number of imidazole rings is 1. The van der Waals surface area contributed by atoms with E-state index in [9.17, 15) is 0 Å². The van der Waals surface area contributed by atoms with Crippen LogP contribution in [-0.2, 0) is 34.0 Å². The molecular weight excluding hydrogens is 633 g/mol. The number of hydrogen-bond donors (Lipinski definition) is 0. The molecule has 0 aliphatic rings. The molecule has 52 heavy (non-hydrogen) atoms. The summed E-state index contributed by atoms with van der Waals surface area (Å²) >= 11 is 0. The Balaban J connectivity index is 1.48. The average Bonchev–Trinajstić information content (AvgIpc) is 3.49. The van der Waals surface area contributed by atoms with Crippen LogP contribution in [0.1, 0.15) is 50.7 Å². The molecule has 0 saturated carbocycles. The Morgan fingerprint density at radius 3 is 1.44 bits per heavy atom. The molecular formula is C48H49N4+3. The highest BCUT2D eigenvalue weighted by Gasteiger charge is 2.30. The van der Waals surface area contributed by atoms with E-state index in [1.54, 1.807) is 0 Å². The lowest BCUT2D eigenvalue weighted by molar-refractivity contribution is -0.671. The van der Waals surface area contributed by atoms with Crippen LogP contribution in [0.4, 0.5) is 0 Å². The first-order valence-corrected chi connectivity index (χ1v) is 19.0. The maximum Gasteiger partial charge on any atom is 0.294 e. The van der Waals surface area contributed by atoms with Gasteiger partial charge in [-0.2, -0.15) is 4.57 Å². The molecule has 3 aromatic heterocycles. The second-order valence-corrected chi connectivity index (χ2v) is 14.5. The van der Waals surface area contributed by atoms with Gasteiger partial charge in [0, 0.05) is 35.0 Å². The zero-order chi connectivity index (χ0) is 35.8. The van der Waals surface area contributed by atoms with Crippen LogP contribution in [0, 0.1) is 0 Å². The van der Waals surface area contributed by atoms with E-state index in [2.05, 4.69) is 187 Å². The first-order chi connectivity index (χ1) is 25.4. The highest BCUT2D eigenvalue weighted by atomic mass is 15.2. The lowest BCUT2D eigenvalue weighted by Gasteiger charge is -2.11. The van der Waals surface area contributed by atoms with E-state index >= 15 is 0 Å². The van der Waals surface area contributed by atoms with Gasteiger partial charge in [-0.05, 0) is 106 Å². The number of pyridine rings is 2. The third kappa shape index (κ3) is 6.17. The summed E-state index contributed by atoms with van der Waals surface area (Å²) in [5.74, 6) is 1.18. The van der Waals surface area contributed by atoms with E-state index in [4.69, 9.17) is 0 Å². The standard InChI is InChI=1S/C48H49N4/c1-6-8-10-34-12-16-38(17-13-34)48-51(5)46-44-32-39(36-24-28-49(3)29-25-36)18-22-42(44)43-23-19-40(37-26-30-50(4)31-27-37)33-45(43)47(46)52(48)41-20-14-35(15-21-41)11-9-7-2/h12-33H,6-11H2,1-5H3/q+3. The Morgan fingerprint density at radius 1 is 0.462 bits per heavy atom. The average molecular weight is 682 g/mol. The number of aryl methyl sites for hydroxylation is 5. The van der Waals surface area contributed by atoms with Gasteiger partial charge in [0.15, 0.2) is 35.8 Å². The SMILES string of the molecule is CCCCc1ccc(-c2n(-c3ccc(CCCC)cc3)c3c4cc(-c5cc[n+](C)cc5)ccc4c4ccc(-c5cc[n+](C)cc5)cc4c3[n+]2C)cc1. The largest absolute Gasteiger partial charge is 0.294 e. The lowest BCUT2D eigenvalue weighted by atomic mass is 9.94. The van der Waals surface area contributed by atoms with Crippen LogP contribution in [0.2, 0.25) is 0 Å². The van der Waals surface area contributed by atoms with Crippen molar-refractivity contribution in [2.24, 2.45) is 21.1 Å². The Morgan fingerprint density at radius 2 is 0.923 bits per heavy atom. The van der Waals surface area contributed by atoms with E-state index in [1.807, 2.05) is 0 Å². The quantitative estimate of drug-likeness (QED) is 0.101. The van der Waals surface area contributed by atoms with Crippen molar-refractivity contribution in [2.45, 2.75) is 52.4 Å². The maximum absolute atomic E-state index is 2.53. The third-order valence-electron chi connectivity index (χ3n) is 10.8. The lowest BCUT2D eigenvalue weighted by Crippen LogP contribution is -2.30. The van der Waals surface area contributed by atoms with Crippen molar-refractivity contribution >= 4 is 32.6 Å². The summed E-state index contributed by atoms with van der Waals surface area (Å²) in [4.78, 5) is 0. The normalized spacial score (nSPS) is 11.6. The number of benzene rings is 5. The molecule has 0 spiro atoms. The van der Waals surface area contributed by atoms with Crippen molar-refractivity contribution in [3.8, 4) is 39.3 Å². The minimum absolute atomic E-state index is 1.11. The first kappa shape index (κ1) is 33.5. The van der Waals surface area contributed by atoms with Crippen molar-refractivity contribution < 1.29 is 13.7 Å². The molecule has 0 N–H and O–H groups in total. The zero-order valence-electron chi connectivity index (χ0n) is 31.2. The van der Waals surface area contributed by atoms with E-state index in [0.29, 0.717) is 0 Å². The topological polar surface area (TPSA) is 16.6 Å². The van der Waals surface area contributed by atoms with Gasteiger partial charge in [0.05, 0.1) is 12.6 Å². The van der Waals surface area contributed by atoms with Crippen molar-refractivity contribution in [3.05, 3.63) is 145 Å². The fourth-order valence-electron chi connectivity index (χ4n) is 7.85. The Bertz CT molecular complexity index is 2520. The molecule has 3 heterocycles. The molecule has 0 aliphatic carbocycles. The van der Waals surface area contributed by atoms with Crippen LogP contribution < -0.4 is 13.7 Å². The summed E-state index contributed by atoms with van der Waals surface area (Å²) in [6.45, 7) is 4.53. The van der Waals surface area contributed by atoms with Crippen molar-refractivity contribution in [3.63, 3.8) is 0 Å². The van der Waals surface area contributed by atoms with Crippen LogP contribution in [0.25, 0.3) is 71.9 Å². The molecule has 0 saturated heterocycles. The summed E-state index contributed by atoms with van der Waals surface area (Å²) in [7, 11) is 6.40. The predicted molar refractivity (Wildman–Crippen MR) is 215 cm³/mol. The minimum atomic E-state index is 1.11. The molecule has 258 valence electrons. The van der Waals surface area contributed by atoms with Crippen LogP contribution in [0.5, 0.6) is 0 Å². The fourth-order valence-corrected chi connectivity index (χ4v) is 7.85. The van der Waals surface area contributed by atoms with Crippen LogP contribution in [-0.4, -0.2) is 4.57 Å². The number of aromatic nitrogens is 4. The van der Waals surface area contributed by atoms with E-state index in [0.717, 1.165) is 12.8 Å². The summed E-state index contributed by atoms with van der Waals surface area (Å²) in [6.07, 6.45) is 15.5. The van der Waals surface area contributed by atoms with Crippen molar-refractivity contribution in [1.82, 2.24) is 4.57 Å².